The van der Waals surface area contributed by atoms with Crippen LogP contribution in [0.25, 0.3) is 0 Å². The van der Waals surface area contributed by atoms with Gasteiger partial charge in [-0.15, -0.1) is 0 Å². The fourth-order valence-electron chi connectivity index (χ4n) is 0. The van der Waals surface area contributed by atoms with Crippen LogP contribution < -0.4 is 5.73 Å². The van der Waals surface area contributed by atoms with Crippen LogP contribution in [0.2, 0.25) is 1.41 Å². The fraction of sp³-hybridized carbons (Fsp3) is 1.00. The van der Waals surface area contributed by atoms with Crippen LogP contribution in [0.4, 0.5) is 0 Å². The molecule has 0 atom stereocenters. The molecule has 0 amide bonds. The Bertz CT molecular complexity index is 17.1. The van der Waals surface area contributed by atoms with E-state index in [0.29, 0.717) is 0 Å². The van der Waals surface area contributed by atoms with Gasteiger partial charge in [0.05, 0.1) is 0 Å². The zero-order valence-corrected chi connectivity index (χ0v) is 3.88. The zero-order chi connectivity index (χ0) is 4.12. The van der Waals surface area contributed by atoms with Crippen molar-refractivity contribution in [2.75, 3.05) is 11.9 Å². The summed E-state index contributed by atoms with van der Waals surface area (Å²) in [6.07, 6.45) is 0. The number of hydrogen-bond donors (Lipinski definition) is 1. The summed E-state index contributed by atoms with van der Waals surface area (Å²) >= 11 is 3.13. The van der Waals surface area contributed by atoms with Crippen LogP contribution in [0.3, 0.4) is 0 Å². The van der Waals surface area contributed by atoms with E-state index in [1.807, 2.05) is 0 Å². The molecule has 2 heteroatoms. The molecule has 0 saturated carbocycles. The molecule has 26 valence electrons. The Morgan fingerprint density at radius 1 is 2.25 bits per heavy atom. The Labute approximate surface area is 35.8 Å². The molecule has 0 spiro atoms. The van der Waals surface area contributed by atoms with Crippen molar-refractivity contribution in [2.24, 2.45) is 5.73 Å². The summed E-state index contributed by atoms with van der Waals surface area (Å²) in [6.45, 7) is 0.722. The van der Waals surface area contributed by atoms with Crippen LogP contribution in [0, 0.1) is 0 Å². The Morgan fingerprint density at radius 2 is 3.00 bits per heavy atom. The van der Waals surface area contributed by atoms with Crippen molar-refractivity contribution >= 4 is 15.9 Å². The molecule has 0 aliphatic carbocycles. The van der Waals surface area contributed by atoms with Gasteiger partial charge in [0.2, 0.25) is 0 Å². The molecule has 1 nitrogen and oxygen atoms in total. The molecule has 0 unspecified atom stereocenters. The molecule has 0 aliphatic rings. The maximum Gasteiger partial charge on any atom is 0.118 e. The summed E-state index contributed by atoms with van der Waals surface area (Å²) in [5.74, 6) is 0. The van der Waals surface area contributed by atoms with Crippen LogP contribution in [0.15, 0.2) is 0 Å². The quantitative estimate of drug-likeness (QED) is 0.529. The van der Waals surface area contributed by atoms with Gasteiger partial charge in [0.25, 0.3) is 0 Å². The molecule has 0 aliphatic heterocycles. The highest BCUT2D eigenvalue weighted by atomic mass is 79.9. The van der Waals surface area contributed by atoms with Gasteiger partial charge in [-0.2, -0.15) is 0 Å². The average Bonchev–Trinajstić information content (AvgIpc) is 1.41. The van der Waals surface area contributed by atoms with E-state index in [2.05, 4.69) is 21.7 Å². The Morgan fingerprint density at radius 3 is 3.00 bits per heavy atom. The lowest BCUT2D eigenvalue weighted by molar-refractivity contribution is 1.16. The highest BCUT2D eigenvalue weighted by molar-refractivity contribution is 9.09. The highest BCUT2D eigenvalue weighted by Gasteiger charge is 1.57. The molecule has 0 bridgehead atoms. The molecular weight excluding hydrogens is 118 g/mol. The van der Waals surface area contributed by atoms with Gasteiger partial charge in [-0.1, -0.05) is 15.9 Å². The van der Waals surface area contributed by atoms with Gasteiger partial charge in [0.1, 0.15) is 1.41 Å². The molecule has 0 saturated heterocycles. The molecule has 0 heterocycles. The third-order valence-electron chi connectivity index (χ3n) is 0.0945. The van der Waals surface area contributed by atoms with Crippen LogP contribution in [0.1, 0.15) is 0 Å². The predicted octanol–water partition coefficient (Wildman–Crippen LogP) is 0.340. The topological polar surface area (TPSA) is 26.0 Å². The van der Waals surface area contributed by atoms with Gasteiger partial charge in [0.15, 0.2) is 0 Å². The average molecular weight is 125 g/mol. The lowest BCUT2D eigenvalue weighted by Crippen LogP contribution is -1.97. The standard InChI is InChI=1S/C2H6BrN/c3-1-2-4/h1-2,4H2/i/hD. The Balaban J connectivity index is 2.19. The van der Waals surface area contributed by atoms with Crippen molar-refractivity contribution in [2.45, 2.75) is 0 Å². The number of nitrogens with two attached hydrogens (primary N) is 1. The van der Waals surface area contributed by atoms with Crippen LogP contribution in [-0.4, -0.2) is 11.9 Å². The van der Waals surface area contributed by atoms with Crippen LogP contribution >= 0.6 is 15.9 Å². The fourth-order valence-corrected chi connectivity index (χ4v) is 0. The van der Waals surface area contributed by atoms with E-state index in [1.54, 1.807) is 0 Å². The van der Waals surface area contributed by atoms with Gasteiger partial charge in [-0.05, 0) is 0 Å². The number of hydrogen-bond acceptors (Lipinski definition) is 1. The Hall–Kier alpha value is 0.440. The van der Waals surface area contributed by atoms with Gasteiger partial charge >= 0.3 is 0 Å². The summed E-state index contributed by atoms with van der Waals surface area (Å²) in [5, 5.41) is 0.858. The van der Waals surface area contributed by atoms with E-state index in [9.17, 15) is 0 Å². The molecular formula is C2H6BrN. The molecule has 0 rings (SSSR count). The van der Waals surface area contributed by atoms with Gasteiger partial charge < -0.3 is 5.73 Å². The van der Waals surface area contributed by atoms with E-state index in [1.165, 1.54) is 0 Å². The van der Waals surface area contributed by atoms with E-state index in [-0.39, 0.29) is 0 Å². The van der Waals surface area contributed by atoms with Crippen molar-refractivity contribution in [1.82, 2.24) is 0 Å². The van der Waals surface area contributed by atoms with Crippen molar-refractivity contribution in [1.29, 1.82) is 0 Å². The second-order valence-corrected chi connectivity index (χ2v) is 1.23. The van der Waals surface area contributed by atoms with Crippen LogP contribution in [0.5, 0.6) is 0 Å². The summed E-state index contributed by atoms with van der Waals surface area (Å²) in [6, 6.07) is 0. The normalized spacial score (nSPS) is 10.8. The van der Waals surface area contributed by atoms with Gasteiger partial charge in [-0.3, -0.25) is 0 Å². The lowest BCUT2D eigenvalue weighted by atomic mass is 10.8. The SMILES string of the molecule is [2H]NCCBr. The largest absolute Gasteiger partial charge is 0.330 e. The highest BCUT2D eigenvalue weighted by Crippen LogP contribution is 1.67. The Kier molecular flexibility index (Phi) is 2.29. The number of alkyl halides is 1. The summed E-state index contributed by atoms with van der Waals surface area (Å²) in [7, 11) is 0. The summed E-state index contributed by atoms with van der Waals surface area (Å²) in [4.78, 5) is 0. The minimum Gasteiger partial charge on any atom is -0.330 e. The second kappa shape index (κ2) is 3.44. The van der Waals surface area contributed by atoms with E-state index in [4.69, 9.17) is 1.41 Å². The predicted molar refractivity (Wildman–Crippen MR) is 22.8 cm³/mol. The minimum atomic E-state index is 0.722. The molecule has 0 aromatic rings. The smallest absolute Gasteiger partial charge is 0.118 e. The number of rotatable bonds is 2. The van der Waals surface area contributed by atoms with Crippen LogP contribution in [-0.2, 0) is 0 Å². The van der Waals surface area contributed by atoms with Crippen molar-refractivity contribution in [3.8, 4) is 0 Å². The minimum absolute atomic E-state index is 0.722. The summed E-state index contributed by atoms with van der Waals surface area (Å²) in [5.41, 5.74) is 2.22. The van der Waals surface area contributed by atoms with E-state index in [0.717, 1.165) is 11.9 Å². The van der Waals surface area contributed by atoms with E-state index < -0.39 is 0 Å². The molecule has 2 N–H and O–H groups in total. The monoisotopic (exact) mass is 124 g/mol. The van der Waals surface area contributed by atoms with E-state index >= 15 is 0 Å². The first kappa shape index (κ1) is 2.67. The molecule has 0 aromatic heterocycles. The zero-order valence-electron chi connectivity index (χ0n) is 3.29. The van der Waals surface area contributed by atoms with Crippen molar-refractivity contribution in [3.63, 3.8) is 0 Å². The lowest BCUT2D eigenvalue weighted by Gasteiger charge is -1.68. The maximum atomic E-state index is 6.32. The first-order valence-corrected chi connectivity index (χ1v) is 2.24. The number of halogens is 1. The maximum absolute atomic E-state index is 6.32. The van der Waals surface area contributed by atoms with Gasteiger partial charge in [0, 0.05) is 11.9 Å². The first-order valence-electron chi connectivity index (χ1n) is 1.62. The summed E-state index contributed by atoms with van der Waals surface area (Å²) < 4.78 is 6.32. The molecule has 0 aromatic carbocycles. The second-order valence-electron chi connectivity index (χ2n) is 0.439. The molecule has 0 radical (unpaired) electrons. The van der Waals surface area contributed by atoms with Gasteiger partial charge in [-0.25, -0.2) is 0 Å². The molecule has 4 heavy (non-hydrogen) atoms. The third kappa shape index (κ3) is 2.44. The molecule has 0 fully saturated rings. The van der Waals surface area contributed by atoms with Crippen molar-refractivity contribution in [3.05, 3.63) is 0 Å². The van der Waals surface area contributed by atoms with Crippen molar-refractivity contribution < 1.29 is 1.41 Å². The third-order valence-corrected chi connectivity index (χ3v) is 0.491. The first-order chi connectivity index (χ1) is 2.41.